The van der Waals surface area contributed by atoms with Crippen molar-refractivity contribution in [2.24, 2.45) is 0 Å². The van der Waals surface area contributed by atoms with E-state index in [-0.39, 0.29) is 18.3 Å². The van der Waals surface area contributed by atoms with E-state index in [1.807, 2.05) is 18.2 Å². The molecule has 0 saturated carbocycles. The molecular formula is C14H21Cl2N3O. The van der Waals surface area contributed by atoms with E-state index < -0.39 is 0 Å². The van der Waals surface area contributed by atoms with E-state index in [0.717, 1.165) is 44.3 Å². The Labute approximate surface area is 131 Å². The molecule has 0 bridgehead atoms. The first-order chi connectivity index (χ1) is 9.15. The van der Waals surface area contributed by atoms with Gasteiger partial charge in [0.2, 0.25) is 5.91 Å². The fourth-order valence-corrected chi connectivity index (χ4v) is 2.48. The third kappa shape index (κ3) is 5.19. The van der Waals surface area contributed by atoms with Crippen LogP contribution in [-0.2, 0) is 4.79 Å². The fourth-order valence-electron chi connectivity index (χ4n) is 2.29. The lowest BCUT2D eigenvalue weighted by Gasteiger charge is -2.36. The van der Waals surface area contributed by atoms with Crippen LogP contribution >= 0.6 is 24.0 Å². The maximum Gasteiger partial charge on any atom is 0.216 e. The number of hydrogen-bond donors (Lipinski definition) is 1. The molecule has 2 rings (SSSR count). The third-order valence-corrected chi connectivity index (χ3v) is 3.58. The summed E-state index contributed by atoms with van der Waals surface area (Å²) in [7, 11) is 0. The first-order valence-corrected chi connectivity index (χ1v) is 7.00. The Morgan fingerprint density at radius 2 is 2.00 bits per heavy atom. The summed E-state index contributed by atoms with van der Waals surface area (Å²) >= 11 is 6.01. The minimum atomic E-state index is 0. The molecular weight excluding hydrogens is 297 g/mol. The van der Waals surface area contributed by atoms with Crippen LogP contribution in [0, 0.1) is 0 Å². The highest BCUT2D eigenvalue weighted by molar-refractivity contribution is 6.30. The number of nitrogens with zero attached hydrogens (tertiary/aromatic N) is 2. The van der Waals surface area contributed by atoms with Gasteiger partial charge in [0, 0.05) is 56.9 Å². The van der Waals surface area contributed by atoms with Crippen molar-refractivity contribution in [3.05, 3.63) is 29.3 Å². The summed E-state index contributed by atoms with van der Waals surface area (Å²) in [6.45, 7) is 7.24. The monoisotopic (exact) mass is 317 g/mol. The molecule has 1 saturated heterocycles. The lowest BCUT2D eigenvalue weighted by Crippen LogP contribution is -2.48. The van der Waals surface area contributed by atoms with Crippen molar-refractivity contribution in [3.63, 3.8) is 0 Å². The second kappa shape index (κ2) is 8.35. The van der Waals surface area contributed by atoms with Gasteiger partial charge >= 0.3 is 0 Å². The molecule has 1 aliphatic rings. The number of halogens is 2. The van der Waals surface area contributed by atoms with Crippen molar-refractivity contribution < 1.29 is 4.79 Å². The van der Waals surface area contributed by atoms with Crippen molar-refractivity contribution in [2.45, 2.75) is 6.92 Å². The summed E-state index contributed by atoms with van der Waals surface area (Å²) < 4.78 is 0. The van der Waals surface area contributed by atoms with Gasteiger partial charge in [-0.05, 0) is 18.2 Å². The highest BCUT2D eigenvalue weighted by Crippen LogP contribution is 2.20. The molecule has 20 heavy (non-hydrogen) atoms. The van der Waals surface area contributed by atoms with E-state index in [4.69, 9.17) is 11.6 Å². The first kappa shape index (κ1) is 17.1. The van der Waals surface area contributed by atoms with Gasteiger partial charge in [-0.2, -0.15) is 0 Å². The quantitative estimate of drug-likeness (QED) is 0.923. The van der Waals surface area contributed by atoms with Crippen LogP contribution < -0.4 is 10.2 Å². The van der Waals surface area contributed by atoms with Gasteiger partial charge in [0.1, 0.15) is 0 Å². The standard InChI is InChI=1S/C14H20ClN3O.ClH/c1-12(19)16-5-6-17-7-9-18(10-8-17)14-4-2-3-13(15)11-14;/h2-4,11H,5-10H2,1H3,(H,16,19);1H. The lowest BCUT2D eigenvalue weighted by molar-refractivity contribution is -0.119. The molecule has 6 heteroatoms. The molecule has 0 aromatic heterocycles. The van der Waals surface area contributed by atoms with Gasteiger partial charge in [-0.15, -0.1) is 12.4 Å². The topological polar surface area (TPSA) is 35.6 Å². The van der Waals surface area contributed by atoms with Gasteiger partial charge in [-0.1, -0.05) is 17.7 Å². The lowest BCUT2D eigenvalue weighted by atomic mass is 10.2. The predicted octanol–water partition coefficient (Wildman–Crippen LogP) is 2.02. The number of rotatable bonds is 4. The maximum atomic E-state index is 10.8. The molecule has 0 atom stereocenters. The average Bonchev–Trinajstić information content (AvgIpc) is 2.39. The molecule has 1 amide bonds. The van der Waals surface area contributed by atoms with Crippen LogP contribution in [0.3, 0.4) is 0 Å². The Kier molecular flexibility index (Phi) is 7.13. The minimum absolute atomic E-state index is 0. The van der Waals surface area contributed by atoms with Gasteiger partial charge in [0.25, 0.3) is 0 Å². The molecule has 0 spiro atoms. The molecule has 0 radical (unpaired) electrons. The van der Waals surface area contributed by atoms with E-state index in [1.165, 1.54) is 5.69 Å². The van der Waals surface area contributed by atoms with E-state index in [1.54, 1.807) is 6.92 Å². The number of carbonyl (C=O) groups excluding carboxylic acids is 1. The van der Waals surface area contributed by atoms with Crippen molar-refractivity contribution in [1.82, 2.24) is 10.2 Å². The molecule has 112 valence electrons. The Morgan fingerprint density at radius 3 is 2.60 bits per heavy atom. The average molecular weight is 318 g/mol. The Hall–Kier alpha value is -0.970. The van der Waals surface area contributed by atoms with Crippen LogP contribution in [-0.4, -0.2) is 50.1 Å². The second-order valence-electron chi connectivity index (χ2n) is 4.79. The normalized spacial score (nSPS) is 15.6. The summed E-state index contributed by atoms with van der Waals surface area (Å²) in [4.78, 5) is 15.5. The van der Waals surface area contributed by atoms with Crippen LogP contribution in [0.25, 0.3) is 0 Å². The van der Waals surface area contributed by atoms with Gasteiger partial charge in [0.05, 0.1) is 0 Å². The molecule has 1 heterocycles. The number of nitrogens with one attached hydrogen (secondary N) is 1. The molecule has 4 nitrogen and oxygen atoms in total. The van der Waals surface area contributed by atoms with Crippen LogP contribution in [0.1, 0.15) is 6.92 Å². The zero-order valence-electron chi connectivity index (χ0n) is 11.6. The smallest absolute Gasteiger partial charge is 0.216 e. The zero-order chi connectivity index (χ0) is 13.7. The van der Waals surface area contributed by atoms with Crippen LogP contribution in [0.5, 0.6) is 0 Å². The van der Waals surface area contributed by atoms with E-state index in [0.29, 0.717) is 0 Å². The zero-order valence-corrected chi connectivity index (χ0v) is 13.2. The van der Waals surface area contributed by atoms with Crippen LogP contribution in [0.4, 0.5) is 5.69 Å². The number of hydrogen-bond acceptors (Lipinski definition) is 3. The molecule has 1 aliphatic heterocycles. The molecule has 1 N–H and O–H groups in total. The molecule has 0 unspecified atom stereocenters. The van der Waals surface area contributed by atoms with Crippen molar-refractivity contribution in [1.29, 1.82) is 0 Å². The molecule has 1 aromatic rings. The van der Waals surface area contributed by atoms with E-state index >= 15 is 0 Å². The number of piperazine rings is 1. The fraction of sp³-hybridized carbons (Fsp3) is 0.500. The van der Waals surface area contributed by atoms with Gasteiger partial charge in [-0.25, -0.2) is 0 Å². The van der Waals surface area contributed by atoms with Crippen molar-refractivity contribution >= 4 is 35.6 Å². The predicted molar refractivity (Wildman–Crippen MR) is 86.0 cm³/mol. The Balaban J connectivity index is 0.00000200. The SMILES string of the molecule is CC(=O)NCCN1CCN(c2cccc(Cl)c2)CC1.Cl. The summed E-state index contributed by atoms with van der Waals surface area (Å²) in [5, 5.41) is 3.61. The molecule has 0 aliphatic carbocycles. The van der Waals surface area contributed by atoms with Gasteiger partial charge in [0.15, 0.2) is 0 Å². The van der Waals surface area contributed by atoms with Gasteiger partial charge < -0.3 is 10.2 Å². The summed E-state index contributed by atoms with van der Waals surface area (Å²) in [6.07, 6.45) is 0. The van der Waals surface area contributed by atoms with Crippen LogP contribution in [0.2, 0.25) is 5.02 Å². The van der Waals surface area contributed by atoms with Gasteiger partial charge in [-0.3, -0.25) is 9.69 Å². The summed E-state index contributed by atoms with van der Waals surface area (Å²) in [5.41, 5.74) is 1.19. The van der Waals surface area contributed by atoms with Crippen molar-refractivity contribution in [3.8, 4) is 0 Å². The van der Waals surface area contributed by atoms with Crippen molar-refractivity contribution in [2.75, 3.05) is 44.2 Å². The first-order valence-electron chi connectivity index (χ1n) is 6.62. The largest absolute Gasteiger partial charge is 0.369 e. The Bertz CT molecular complexity index is 434. The maximum absolute atomic E-state index is 10.8. The van der Waals surface area contributed by atoms with E-state index in [2.05, 4.69) is 21.2 Å². The highest BCUT2D eigenvalue weighted by Gasteiger charge is 2.16. The molecule has 1 aromatic carbocycles. The number of anilines is 1. The number of carbonyl (C=O) groups is 1. The third-order valence-electron chi connectivity index (χ3n) is 3.35. The number of benzene rings is 1. The second-order valence-corrected chi connectivity index (χ2v) is 5.23. The highest BCUT2D eigenvalue weighted by atomic mass is 35.5. The Morgan fingerprint density at radius 1 is 1.30 bits per heavy atom. The van der Waals surface area contributed by atoms with E-state index in [9.17, 15) is 4.79 Å². The molecule has 1 fully saturated rings. The number of amides is 1. The summed E-state index contributed by atoms with van der Waals surface area (Å²) in [5.74, 6) is 0.0394. The summed E-state index contributed by atoms with van der Waals surface area (Å²) in [6, 6.07) is 7.99. The minimum Gasteiger partial charge on any atom is -0.369 e. The van der Waals surface area contributed by atoms with Crippen LogP contribution in [0.15, 0.2) is 24.3 Å².